The van der Waals surface area contributed by atoms with Crippen molar-refractivity contribution in [1.82, 2.24) is 0 Å². The monoisotopic (exact) mass is 144 g/mol. The second kappa shape index (κ2) is 2.98. The highest BCUT2D eigenvalue weighted by atomic mass is 16.5. The molecule has 0 aromatic rings. The number of rotatable bonds is 2. The number of hydrogen-bond acceptors (Lipinski definition) is 3. The van der Waals surface area contributed by atoms with Crippen molar-refractivity contribution in [3.8, 4) is 0 Å². The van der Waals surface area contributed by atoms with Crippen molar-refractivity contribution < 1.29 is 9.53 Å². The fraction of sp³-hybridized carbons (Fsp3) is 0.833. The van der Waals surface area contributed by atoms with E-state index in [4.69, 9.17) is 16.2 Å². The summed E-state index contributed by atoms with van der Waals surface area (Å²) in [5, 5.41) is 0. The van der Waals surface area contributed by atoms with E-state index < -0.39 is 0 Å². The van der Waals surface area contributed by atoms with Crippen LogP contribution in [0.15, 0.2) is 0 Å². The van der Waals surface area contributed by atoms with Gasteiger partial charge in [0.15, 0.2) is 0 Å². The molecule has 1 saturated heterocycles. The normalized spacial score (nSPS) is 32.5. The Bertz CT molecular complexity index is 138. The van der Waals surface area contributed by atoms with Crippen LogP contribution in [-0.2, 0) is 9.53 Å². The molecule has 0 saturated carbocycles. The number of carbonyl (C=O) groups excluding carboxylic acids is 1. The minimum atomic E-state index is -0.282. The third kappa shape index (κ3) is 1.46. The van der Waals surface area contributed by atoms with Gasteiger partial charge in [-0.05, 0) is 6.42 Å². The van der Waals surface area contributed by atoms with Crippen molar-refractivity contribution >= 4 is 5.91 Å². The molecule has 1 aliphatic rings. The zero-order valence-corrected chi connectivity index (χ0v) is 5.75. The molecule has 1 amide bonds. The first-order valence-corrected chi connectivity index (χ1v) is 3.35. The maximum atomic E-state index is 10.6. The van der Waals surface area contributed by atoms with E-state index in [1.807, 2.05) is 0 Å². The van der Waals surface area contributed by atoms with Crippen LogP contribution in [0.1, 0.15) is 6.42 Å². The lowest BCUT2D eigenvalue weighted by molar-refractivity contribution is -0.121. The van der Waals surface area contributed by atoms with Crippen molar-refractivity contribution in [2.45, 2.75) is 12.5 Å². The van der Waals surface area contributed by atoms with Crippen LogP contribution in [0.25, 0.3) is 0 Å². The van der Waals surface area contributed by atoms with E-state index >= 15 is 0 Å². The summed E-state index contributed by atoms with van der Waals surface area (Å²) in [6.45, 7) is 0.918. The zero-order valence-electron chi connectivity index (χ0n) is 5.75. The first-order chi connectivity index (χ1) is 4.74. The number of nitrogens with two attached hydrogens (primary N) is 2. The van der Waals surface area contributed by atoms with E-state index in [0.717, 1.165) is 0 Å². The van der Waals surface area contributed by atoms with Gasteiger partial charge in [0.05, 0.1) is 18.6 Å². The highest BCUT2D eigenvalue weighted by Crippen LogP contribution is 2.17. The fourth-order valence-corrected chi connectivity index (χ4v) is 1.07. The van der Waals surface area contributed by atoms with Crippen LogP contribution in [0, 0.1) is 5.92 Å². The maximum Gasteiger partial charge on any atom is 0.222 e. The first kappa shape index (κ1) is 7.50. The van der Waals surface area contributed by atoms with Crippen molar-refractivity contribution in [3.05, 3.63) is 0 Å². The molecule has 0 aromatic carbocycles. The predicted molar refractivity (Wildman–Crippen MR) is 36.1 cm³/mol. The third-order valence-electron chi connectivity index (χ3n) is 1.75. The van der Waals surface area contributed by atoms with Crippen molar-refractivity contribution in [1.29, 1.82) is 0 Å². The molecular formula is C6H12N2O2. The van der Waals surface area contributed by atoms with Crippen LogP contribution < -0.4 is 11.5 Å². The van der Waals surface area contributed by atoms with Gasteiger partial charge < -0.3 is 16.2 Å². The molecule has 0 aliphatic carbocycles. The highest BCUT2D eigenvalue weighted by molar-refractivity contribution is 5.77. The minimum absolute atomic E-state index is 0.0394. The molecule has 4 N–H and O–H groups in total. The molecule has 0 unspecified atom stereocenters. The van der Waals surface area contributed by atoms with Crippen LogP contribution in [0.4, 0.5) is 0 Å². The highest BCUT2D eigenvalue weighted by Gasteiger charge is 2.27. The van der Waals surface area contributed by atoms with Crippen LogP contribution in [-0.4, -0.2) is 25.2 Å². The van der Waals surface area contributed by atoms with Gasteiger partial charge in [-0.1, -0.05) is 0 Å². The van der Waals surface area contributed by atoms with Gasteiger partial charge in [-0.3, -0.25) is 4.79 Å². The Morgan fingerprint density at radius 1 is 1.70 bits per heavy atom. The third-order valence-corrected chi connectivity index (χ3v) is 1.75. The van der Waals surface area contributed by atoms with Crippen LogP contribution in [0.5, 0.6) is 0 Å². The Hall–Kier alpha value is -0.610. The van der Waals surface area contributed by atoms with Gasteiger partial charge in [0.1, 0.15) is 0 Å². The molecule has 1 aliphatic heterocycles. The molecule has 4 heteroatoms. The average molecular weight is 144 g/mol. The van der Waals surface area contributed by atoms with E-state index in [-0.39, 0.29) is 17.9 Å². The van der Waals surface area contributed by atoms with E-state index in [2.05, 4.69) is 0 Å². The molecule has 1 rings (SSSR count). The summed E-state index contributed by atoms with van der Waals surface area (Å²) in [6.07, 6.45) is 0.726. The Labute approximate surface area is 59.5 Å². The Kier molecular flexibility index (Phi) is 2.24. The van der Waals surface area contributed by atoms with Crippen molar-refractivity contribution in [3.63, 3.8) is 0 Å². The summed E-state index contributed by atoms with van der Waals surface area (Å²) >= 11 is 0. The Morgan fingerprint density at radius 2 is 2.40 bits per heavy atom. The topological polar surface area (TPSA) is 78.3 Å². The molecule has 1 fully saturated rings. The lowest BCUT2D eigenvalue weighted by Crippen LogP contribution is -2.24. The number of primary amides is 1. The minimum Gasteiger partial charge on any atom is -0.376 e. The number of amides is 1. The van der Waals surface area contributed by atoms with Crippen LogP contribution >= 0.6 is 0 Å². The van der Waals surface area contributed by atoms with Gasteiger partial charge in [-0.25, -0.2) is 0 Å². The van der Waals surface area contributed by atoms with Crippen LogP contribution in [0.3, 0.4) is 0 Å². The second-order valence-corrected chi connectivity index (χ2v) is 2.53. The van der Waals surface area contributed by atoms with Crippen molar-refractivity contribution in [2.75, 3.05) is 13.2 Å². The Balaban J connectivity index is 2.35. The zero-order chi connectivity index (χ0) is 7.56. The van der Waals surface area contributed by atoms with E-state index in [1.54, 1.807) is 0 Å². The molecule has 0 bridgehead atoms. The number of ether oxygens (including phenoxy) is 1. The summed E-state index contributed by atoms with van der Waals surface area (Å²) in [6, 6.07) is 0. The smallest absolute Gasteiger partial charge is 0.222 e. The average Bonchev–Trinajstić information content (AvgIpc) is 2.34. The SMILES string of the molecule is NC[C@@H]1C[C@H](C(N)=O)CO1. The molecular weight excluding hydrogens is 132 g/mol. The molecule has 0 radical (unpaired) electrons. The van der Waals surface area contributed by atoms with Gasteiger partial charge in [0.25, 0.3) is 0 Å². The summed E-state index contributed by atoms with van der Waals surface area (Å²) in [4.78, 5) is 10.6. The number of hydrogen-bond donors (Lipinski definition) is 2. The predicted octanol–water partition coefficient (Wildman–Crippen LogP) is -1.16. The molecule has 10 heavy (non-hydrogen) atoms. The largest absolute Gasteiger partial charge is 0.376 e. The lowest BCUT2D eigenvalue weighted by atomic mass is 10.1. The van der Waals surface area contributed by atoms with Gasteiger partial charge in [0.2, 0.25) is 5.91 Å². The lowest BCUT2D eigenvalue weighted by Gasteiger charge is -2.02. The molecule has 0 aromatic heterocycles. The van der Waals surface area contributed by atoms with Gasteiger partial charge >= 0.3 is 0 Å². The molecule has 0 spiro atoms. The molecule has 2 atom stereocenters. The quantitative estimate of drug-likeness (QED) is 0.513. The van der Waals surface area contributed by atoms with Gasteiger partial charge in [0, 0.05) is 6.54 Å². The summed E-state index contributed by atoms with van der Waals surface area (Å²) in [5.74, 6) is -0.399. The second-order valence-electron chi connectivity index (χ2n) is 2.53. The standard InChI is InChI=1S/C6H12N2O2/c7-2-5-1-4(3-10-5)6(8)9/h4-5H,1-3,7H2,(H2,8,9)/t4-,5-/m0/s1. The fourth-order valence-electron chi connectivity index (χ4n) is 1.07. The van der Waals surface area contributed by atoms with Crippen molar-refractivity contribution in [2.24, 2.45) is 17.4 Å². The molecule has 1 heterocycles. The first-order valence-electron chi connectivity index (χ1n) is 3.35. The van der Waals surface area contributed by atoms with E-state index in [1.165, 1.54) is 0 Å². The summed E-state index contributed by atoms with van der Waals surface area (Å²) in [5.41, 5.74) is 10.4. The van der Waals surface area contributed by atoms with Crippen LogP contribution in [0.2, 0.25) is 0 Å². The van der Waals surface area contributed by atoms with Gasteiger partial charge in [-0.2, -0.15) is 0 Å². The van der Waals surface area contributed by atoms with E-state index in [0.29, 0.717) is 19.6 Å². The Morgan fingerprint density at radius 3 is 2.70 bits per heavy atom. The maximum absolute atomic E-state index is 10.6. The number of carbonyl (C=O) groups is 1. The molecule has 58 valence electrons. The molecule has 4 nitrogen and oxygen atoms in total. The van der Waals surface area contributed by atoms with E-state index in [9.17, 15) is 4.79 Å². The summed E-state index contributed by atoms with van der Waals surface area (Å²) < 4.78 is 5.15. The summed E-state index contributed by atoms with van der Waals surface area (Å²) in [7, 11) is 0. The van der Waals surface area contributed by atoms with Gasteiger partial charge in [-0.15, -0.1) is 0 Å².